The van der Waals surface area contributed by atoms with Crippen LogP contribution in [0.25, 0.3) is 0 Å². The largest absolute Gasteiger partial charge is 0.397 e. The minimum Gasteiger partial charge on any atom is -0.397 e. The van der Waals surface area contributed by atoms with E-state index in [-0.39, 0.29) is 5.91 Å². The van der Waals surface area contributed by atoms with Gasteiger partial charge >= 0.3 is 0 Å². The molecule has 110 valence electrons. The van der Waals surface area contributed by atoms with Crippen LogP contribution >= 0.6 is 0 Å². The Morgan fingerprint density at radius 3 is 2.60 bits per heavy atom. The SMILES string of the molecule is Cc1cccc(N)c1NC(=O)CN1CCC(C)(C)CC1. The Hall–Kier alpha value is -1.55. The first kappa shape index (κ1) is 14.9. The van der Waals surface area contributed by atoms with Gasteiger partial charge in [0.1, 0.15) is 0 Å². The first-order chi connectivity index (χ1) is 9.37. The molecule has 1 aromatic rings. The summed E-state index contributed by atoms with van der Waals surface area (Å²) < 4.78 is 0. The minimum absolute atomic E-state index is 0.0192. The van der Waals surface area contributed by atoms with Gasteiger partial charge in [0.25, 0.3) is 0 Å². The number of piperidine rings is 1. The van der Waals surface area contributed by atoms with Crippen LogP contribution in [0.15, 0.2) is 18.2 Å². The second-order valence-corrected chi connectivity index (χ2v) is 6.53. The Bertz CT molecular complexity index is 466. The summed E-state index contributed by atoms with van der Waals surface area (Å²) in [6, 6.07) is 5.66. The number of aryl methyl sites for hydroxylation is 1. The first-order valence-electron chi connectivity index (χ1n) is 7.25. The molecule has 1 heterocycles. The Labute approximate surface area is 121 Å². The fourth-order valence-electron chi connectivity index (χ4n) is 2.56. The van der Waals surface area contributed by atoms with E-state index >= 15 is 0 Å². The lowest BCUT2D eigenvalue weighted by molar-refractivity contribution is -0.117. The monoisotopic (exact) mass is 275 g/mol. The molecule has 2 rings (SSSR count). The third-order valence-corrected chi connectivity index (χ3v) is 4.15. The fraction of sp³-hybridized carbons (Fsp3) is 0.562. The van der Waals surface area contributed by atoms with Gasteiger partial charge < -0.3 is 11.1 Å². The van der Waals surface area contributed by atoms with Gasteiger partial charge in [-0.1, -0.05) is 26.0 Å². The summed E-state index contributed by atoms with van der Waals surface area (Å²) in [6.07, 6.45) is 2.29. The average molecular weight is 275 g/mol. The van der Waals surface area contributed by atoms with Crippen molar-refractivity contribution in [1.82, 2.24) is 4.90 Å². The number of nitrogen functional groups attached to an aromatic ring is 1. The standard InChI is InChI=1S/C16H25N3O/c1-12-5-4-6-13(17)15(12)18-14(20)11-19-9-7-16(2,3)8-10-19/h4-6H,7-11,17H2,1-3H3,(H,18,20). The number of nitrogens with zero attached hydrogens (tertiary/aromatic N) is 1. The number of benzene rings is 1. The second-order valence-electron chi connectivity index (χ2n) is 6.53. The maximum Gasteiger partial charge on any atom is 0.238 e. The number of amides is 1. The zero-order valence-corrected chi connectivity index (χ0v) is 12.7. The van der Waals surface area contributed by atoms with Crippen LogP contribution in [0.1, 0.15) is 32.3 Å². The molecule has 0 aliphatic carbocycles. The summed E-state index contributed by atoms with van der Waals surface area (Å²) in [5.41, 5.74) is 8.69. The van der Waals surface area contributed by atoms with Crippen molar-refractivity contribution in [3.63, 3.8) is 0 Å². The van der Waals surface area contributed by atoms with Gasteiger partial charge in [0.15, 0.2) is 0 Å². The summed E-state index contributed by atoms with van der Waals surface area (Å²) in [4.78, 5) is 14.4. The van der Waals surface area contributed by atoms with E-state index in [0.717, 1.165) is 37.2 Å². The van der Waals surface area contributed by atoms with E-state index in [1.807, 2.05) is 25.1 Å². The van der Waals surface area contributed by atoms with E-state index < -0.39 is 0 Å². The quantitative estimate of drug-likeness (QED) is 0.834. The van der Waals surface area contributed by atoms with Crippen LogP contribution < -0.4 is 11.1 Å². The number of likely N-dealkylation sites (tertiary alicyclic amines) is 1. The van der Waals surface area contributed by atoms with Crippen LogP contribution in [-0.2, 0) is 4.79 Å². The van der Waals surface area contributed by atoms with Crippen molar-refractivity contribution in [1.29, 1.82) is 0 Å². The first-order valence-corrected chi connectivity index (χ1v) is 7.25. The average Bonchev–Trinajstić information content (AvgIpc) is 2.37. The van der Waals surface area contributed by atoms with Gasteiger partial charge in [0.05, 0.1) is 17.9 Å². The number of hydrogen-bond acceptors (Lipinski definition) is 3. The summed E-state index contributed by atoms with van der Waals surface area (Å²) in [7, 11) is 0. The number of carbonyl (C=O) groups excluding carboxylic acids is 1. The number of rotatable bonds is 3. The van der Waals surface area contributed by atoms with Crippen molar-refractivity contribution in [2.45, 2.75) is 33.6 Å². The van der Waals surface area contributed by atoms with Crippen molar-refractivity contribution in [3.05, 3.63) is 23.8 Å². The molecule has 0 radical (unpaired) electrons. The highest BCUT2D eigenvalue weighted by atomic mass is 16.2. The summed E-state index contributed by atoms with van der Waals surface area (Å²) >= 11 is 0. The van der Waals surface area contributed by atoms with Crippen molar-refractivity contribution in [3.8, 4) is 0 Å². The Morgan fingerprint density at radius 1 is 1.35 bits per heavy atom. The van der Waals surface area contributed by atoms with Crippen molar-refractivity contribution in [2.24, 2.45) is 5.41 Å². The van der Waals surface area contributed by atoms with E-state index in [1.54, 1.807) is 0 Å². The Morgan fingerprint density at radius 2 is 2.00 bits per heavy atom. The molecule has 1 aliphatic rings. The van der Waals surface area contributed by atoms with Crippen LogP contribution in [-0.4, -0.2) is 30.4 Å². The number of carbonyl (C=O) groups is 1. The van der Waals surface area contributed by atoms with Gasteiger partial charge in [-0.25, -0.2) is 0 Å². The number of hydrogen-bond donors (Lipinski definition) is 2. The zero-order chi connectivity index (χ0) is 14.8. The molecule has 1 fully saturated rings. The molecule has 1 saturated heterocycles. The van der Waals surface area contributed by atoms with Gasteiger partial charge in [-0.05, 0) is 49.9 Å². The maximum atomic E-state index is 12.1. The molecular weight excluding hydrogens is 250 g/mol. The maximum absolute atomic E-state index is 12.1. The van der Waals surface area contributed by atoms with Crippen LogP contribution in [0.3, 0.4) is 0 Å². The number of nitrogens with two attached hydrogens (primary N) is 1. The lowest BCUT2D eigenvalue weighted by Crippen LogP contribution is -2.41. The van der Waals surface area contributed by atoms with E-state index in [0.29, 0.717) is 17.6 Å². The molecule has 3 N–H and O–H groups in total. The molecule has 0 bridgehead atoms. The molecule has 0 spiro atoms. The molecule has 4 heteroatoms. The molecule has 1 aromatic carbocycles. The number of nitrogens with one attached hydrogen (secondary N) is 1. The molecule has 1 aliphatic heterocycles. The zero-order valence-electron chi connectivity index (χ0n) is 12.7. The highest BCUT2D eigenvalue weighted by Crippen LogP contribution is 2.29. The lowest BCUT2D eigenvalue weighted by atomic mass is 9.83. The van der Waals surface area contributed by atoms with Crippen molar-refractivity contribution < 1.29 is 4.79 Å². The lowest BCUT2D eigenvalue weighted by Gasteiger charge is -2.36. The predicted octanol–water partition coefficient (Wildman–Crippen LogP) is 2.64. The Balaban J connectivity index is 1.90. The third kappa shape index (κ3) is 3.73. The molecule has 20 heavy (non-hydrogen) atoms. The number of para-hydroxylation sites is 1. The molecular formula is C16H25N3O. The smallest absolute Gasteiger partial charge is 0.238 e. The van der Waals surface area contributed by atoms with Gasteiger partial charge in [-0.3, -0.25) is 9.69 Å². The molecule has 0 atom stereocenters. The molecule has 4 nitrogen and oxygen atoms in total. The second kappa shape index (κ2) is 5.83. The van der Waals surface area contributed by atoms with E-state index in [1.165, 1.54) is 0 Å². The third-order valence-electron chi connectivity index (χ3n) is 4.15. The summed E-state index contributed by atoms with van der Waals surface area (Å²) in [5, 5.41) is 2.94. The highest BCUT2D eigenvalue weighted by Gasteiger charge is 2.26. The van der Waals surface area contributed by atoms with Crippen molar-refractivity contribution >= 4 is 17.3 Å². The van der Waals surface area contributed by atoms with Crippen LogP contribution in [0.2, 0.25) is 0 Å². The molecule has 0 unspecified atom stereocenters. The Kier molecular flexibility index (Phi) is 4.33. The van der Waals surface area contributed by atoms with Crippen LogP contribution in [0.4, 0.5) is 11.4 Å². The van der Waals surface area contributed by atoms with Gasteiger partial charge in [-0.15, -0.1) is 0 Å². The number of anilines is 2. The van der Waals surface area contributed by atoms with E-state index in [2.05, 4.69) is 24.1 Å². The molecule has 0 saturated carbocycles. The van der Waals surface area contributed by atoms with Gasteiger partial charge in [-0.2, -0.15) is 0 Å². The predicted molar refractivity (Wildman–Crippen MR) is 83.7 cm³/mol. The minimum atomic E-state index is 0.0192. The highest BCUT2D eigenvalue weighted by molar-refractivity contribution is 5.96. The fourth-order valence-corrected chi connectivity index (χ4v) is 2.56. The summed E-state index contributed by atoms with van der Waals surface area (Å²) in [6.45, 7) is 8.96. The van der Waals surface area contributed by atoms with Crippen molar-refractivity contribution in [2.75, 3.05) is 30.7 Å². The van der Waals surface area contributed by atoms with Crippen LogP contribution in [0, 0.1) is 12.3 Å². The van der Waals surface area contributed by atoms with E-state index in [9.17, 15) is 4.79 Å². The van der Waals surface area contributed by atoms with Gasteiger partial charge in [0.2, 0.25) is 5.91 Å². The van der Waals surface area contributed by atoms with Crippen LogP contribution in [0.5, 0.6) is 0 Å². The molecule has 1 amide bonds. The normalized spacial score (nSPS) is 18.8. The molecule has 0 aromatic heterocycles. The summed E-state index contributed by atoms with van der Waals surface area (Å²) in [5.74, 6) is 0.0192. The van der Waals surface area contributed by atoms with Gasteiger partial charge in [0, 0.05) is 0 Å². The van der Waals surface area contributed by atoms with E-state index in [4.69, 9.17) is 5.73 Å². The topological polar surface area (TPSA) is 58.4 Å².